The second kappa shape index (κ2) is 9.56. The van der Waals surface area contributed by atoms with Crippen molar-refractivity contribution in [3.8, 4) is 5.75 Å². The molecule has 0 spiro atoms. The fourth-order valence-electron chi connectivity index (χ4n) is 3.42. The van der Waals surface area contributed by atoms with Gasteiger partial charge in [0.1, 0.15) is 5.75 Å². The maximum absolute atomic E-state index is 12.5. The Balaban J connectivity index is 1.49. The molecule has 0 radical (unpaired) electrons. The van der Waals surface area contributed by atoms with Crippen molar-refractivity contribution >= 4 is 5.91 Å². The van der Waals surface area contributed by atoms with Gasteiger partial charge in [0.05, 0.1) is 13.7 Å². The third kappa shape index (κ3) is 6.10. The zero-order valence-electron chi connectivity index (χ0n) is 16.4. The first-order valence-electron chi connectivity index (χ1n) is 9.83. The standard InChI is InChI=1S/C23H30N2O2/c1-18(21-10-11-21)25(16-20-6-4-3-5-7-20)17-23(26)24-15-14-19-8-12-22(27-2)13-9-19/h3-9,12-13,18,21H,10-11,14-17H2,1-2H3,(H,24,26). The molecular formula is C23H30N2O2. The molecule has 0 saturated heterocycles. The maximum atomic E-state index is 12.5. The van der Waals surface area contributed by atoms with Crippen LogP contribution in [0, 0.1) is 5.92 Å². The van der Waals surface area contributed by atoms with E-state index in [-0.39, 0.29) is 5.91 Å². The number of methoxy groups -OCH3 is 1. The van der Waals surface area contributed by atoms with Crippen molar-refractivity contribution < 1.29 is 9.53 Å². The van der Waals surface area contributed by atoms with E-state index in [0.29, 0.717) is 19.1 Å². The van der Waals surface area contributed by atoms with Crippen LogP contribution in [0.4, 0.5) is 0 Å². The predicted octanol–water partition coefficient (Wildman–Crippen LogP) is 3.65. The maximum Gasteiger partial charge on any atom is 0.234 e. The van der Waals surface area contributed by atoms with Gasteiger partial charge in [0.2, 0.25) is 5.91 Å². The van der Waals surface area contributed by atoms with E-state index in [2.05, 4.69) is 41.4 Å². The van der Waals surface area contributed by atoms with Gasteiger partial charge in [-0.1, -0.05) is 42.5 Å². The smallest absolute Gasteiger partial charge is 0.234 e. The summed E-state index contributed by atoms with van der Waals surface area (Å²) in [5.41, 5.74) is 2.46. The van der Waals surface area contributed by atoms with Crippen molar-refractivity contribution in [3.05, 3.63) is 65.7 Å². The van der Waals surface area contributed by atoms with Gasteiger partial charge in [0.25, 0.3) is 0 Å². The Bertz CT molecular complexity index is 711. The van der Waals surface area contributed by atoms with Crippen LogP contribution in [-0.4, -0.2) is 37.0 Å². The van der Waals surface area contributed by atoms with Crippen LogP contribution in [0.1, 0.15) is 30.9 Å². The molecule has 0 heterocycles. The summed E-state index contributed by atoms with van der Waals surface area (Å²) in [5.74, 6) is 1.70. The number of hydrogen-bond donors (Lipinski definition) is 1. The molecule has 1 saturated carbocycles. The quantitative estimate of drug-likeness (QED) is 0.698. The summed E-state index contributed by atoms with van der Waals surface area (Å²) >= 11 is 0. The van der Waals surface area contributed by atoms with Crippen LogP contribution in [0.15, 0.2) is 54.6 Å². The predicted molar refractivity (Wildman–Crippen MR) is 109 cm³/mol. The van der Waals surface area contributed by atoms with E-state index in [9.17, 15) is 4.79 Å². The molecule has 0 aromatic heterocycles. The number of rotatable bonds is 10. The molecule has 144 valence electrons. The van der Waals surface area contributed by atoms with Gasteiger partial charge in [-0.15, -0.1) is 0 Å². The van der Waals surface area contributed by atoms with Gasteiger partial charge in [0, 0.05) is 19.1 Å². The van der Waals surface area contributed by atoms with Gasteiger partial charge in [-0.3, -0.25) is 9.69 Å². The van der Waals surface area contributed by atoms with Crippen molar-refractivity contribution in [2.24, 2.45) is 5.92 Å². The first kappa shape index (κ1) is 19.4. The number of hydrogen-bond acceptors (Lipinski definition) is 3. The summed E-state index contributed by atoms with van der Waals surface area (Å²) in [5, 5.41) is 3.08. The molecule has 2 aromatic rings. The summed E-state index contributed by atoms with van der Waals surface area (Å²) in [6.07, 6.45) is 3.39. The van der Waals surface area contributed by atoms with Gasteiger partial charge >= 0.3 is 0 Å². The average Bonchev–Trinajstić information content (AvgIpc) is 3.53. The van der Waals surface area contributed by atoms with Crippen molar-refractivity contribution in [1.29, 1.82) is 0 Å². The number of benzene rings is 2. The van der Waals surface area contributed by atoms with E-state index >= 15 is 0 Å². The Labute approximate surface area is 162 Å². The molecule has 0 aliphatic heterocycles. The van der Waals surface area contributed by atoms with E-state index in [1.807, 2.05) is 30.3 Å². The lowest BCUT2D eigenvalue weighted by atomic mass is 10.1. The van der Waals surface area contributed by atoms with Gasteiger partial charge in [-0.2, -0.15) is 0 Å². The van der Waals surface area contributed by atoms with Crippen LogP contribution < -0.4 is 10.1 Å². The summed E-state index contributed by atoms with van der Waals surface area (Å²) in [7, 11) is 1.67. The molecule has 1 aliphatic rings. The molecule has 0 bridgehead atoms. The number of ether oxygens (including phenoxy) is 1. The Morgan fingerprint density at radius 3 is 2.44 bits per heavy atom. The van der Waals surface area contributed by atoms with E-state index in [1.54, 1.807) is 7.11 Å². The molecule has 27 heavy (non-hydrogen) atoms. The summed E-state index contributed by atoms with van der Waals surface area (Å²) in [6.45, 7) is 4.19. The highest BCUT2D eigenvalue weighted by Gasteiger charge is 2.32. The largest absolute Gasteiger partial charge is 0.497 e. The van der Waals surface area contributed by atoms with E-state index in [1.165, 1.54) is 24.0 Å². The summed E-state index contributed by atoms with van der Waals surface area (Å²) in [4.78, 5) is 14.8. The van der Waals surface area contributed by atoms with Crippen LogP contribution >= 0.6 is 0 Å². The Hall–Kier alpha value is -2.33. The molecule has 3 rings (SSSR count). The van der Waals surface area contributed by atoms with Gasteiger partial charge in [0.15, 0.2) is 0 Å². The summed E-state index contributed by atoms with van der Waals surface area (Å²) in [6, 6.07) is 18.9. The highest BCUT2D eigenvalue weighted by atomic mass is 16.5. The SMILES string of the molecule is COc1ccc(CCNC(=O)CN(Cc2ccccc2)C(C)C2CC2)cc1. The van der Waals surface area contributed by atoms with E-state index in [0.717, 1.165) is 24.6 Å². The highest BCUT2D eigenvalue weighted by Crippen LogP contribution is 2.35. The third-order valence-corrected chi connectivity index (χ3v) is 5.35. The minimum atomic E-state index is 0.104. The van der Waals surface area contributed by atoms with Crippen molar-refractivity contribution in [1.82, 2.24) is 10.2 Å². The molecule has 2 aromatic carbocycles. The van der Waals surface area contributed by atoms with Gasteiger partial charge < -0.3 is 10.1 Å². The number of carbonyl (C=O) groups is 1. The second-order valence-corrected chi connectivity index (χ2v) is 7.42. The zero-order valence-corrected chi connectivity index (χ0v) is 16.4. The first-order chi connectivity index (χ1) is 13.2. The fourth-order valence-corrected chi connectivity index (χ4v) is 3.42. The number of carbonyl (C=O) groups excluding carboxylic acids is 1. The third-order valence-electron chi connectivity index (χ3n) is 5.35. The number of amides is 1. The Morgan fingerprint density at radius 2 is 1.81 bits per heavy atom. The molecule has 4 heteroatoms. The minimum absolute atomic E-state index is 0.104. The molecule has 1 atom stereocenters. The Morgan fingerprint density at radius 1 is 1.11 bits per heavy atom. The van der Waals surface area contributed by atoms with Crippen LogP contribution in [0.2, 0.25) is 0 Å². The highest BCUT2D eigenvalue weighted by molar-refractivity contribution is 5.78. The number of nitrogens with one attached hydrogen (secondary N) is 1. The molecule has 1 aliphatic carbocycles. The number of nitrogens with zero attached hydrogens (tertiary/aromatic N) is 1. The fraction of sp³-hybridized carbons (Fsp3) is 0.435. The molecular weight excluding hydrogens is 336 g/mol. The second-order valence-electron chi connectivity index (χ2n) is 7.42. The molecule has 1 N–H and O–H groups in total. The van der Waals surface area contributed by atoms with Crippen LogP contribution in [-0.2, 0) is 17.8 Å². The van der Waals surface area contributed by atoms with Crippen molar-refractivity contribution in [2.75, 3.05) is 20.2 Å². The van der Waals surface area contributed by atoms with Crippen LogP contribution in [0.3, 0.4) is 0 Å². The lowest BCUT2D eigenvalue weighted by molar-refractivity contribution is -0.123. The Kier molecular flexibility index (Phi) is 6.88. The topological polar surface area (TPSA) is 41.6 Å². The normalized spacial score (nSPS) is 14.8. The molecule has 1 fully saturated rings. The van der Waals surface area contributed by atoms with E-state index in [4.69, 9.17) is 4.74 Å². The lowest BCUT2D eigenvalue weighted by Crippen LogP contribution is -2.42. The summed E-state index contributed by atoms with van der Waals surface area (Å²) < 4.78 is 5.18. The van der Waals surface area contributed by atoms with Crippen molar-refractivity contribution in [3.63, 3.8) is 0 Å². The first-order valence-corrected chi connectivity index (χ1v) is 9.83. The molecule has 1 amide bonds. The van der Waals surface area contributed by atoms with Crippen molar-refractivity contribution in [2.45, 2.75) is 38.8 Å². The monoisotopic (exact) mass is 366 g/mol. The molecule has 1 unspecified atom stereocenters. The van der Waals surface area contributed by atoms with Crippen LogP contribution in [0.5, 0.6) is 5.75 Å². The van der Waals surface area contributed by atoms with Gasteiger partial charge in [-0.25, -0.2) is 0 Å². The van der Waals surface area contributed by atoms with Gasteiger partial charge in [-0.05, 0) is 55.4 Å². The molecule has 4 nitrogen and oxygen atoms in total. The average molecular weight is 367 g/mol. The zero-order chi connectivity index (χ0) is 19.1. The lowest BCUT2D eigenvalue weighted by Gasteiger charge is -2.28. The van der Waals surface area contributed by atoms with E-state index < -0.39 is 0 Å². The van der Waals surface area contributed by atoms with Crippen LogP contribution in [0.25, 0.3) is 0 Å². The minimum Gasteiger partial charge on any atom is -0.497 e.